The van der Waals surface area contributed by atoms with E-state index in [-0.39, 0.29) is 5.91 Å². The highest BCUT2D eigenvalue weighted by molar-refractivity contribution is 5.77. The lowest BCUT2D eigenvalue weighted by Gasteiger charge is -2.05. The van der Waals surface area contributed by atoms with Crippen LogP contribution < -0.4 is 5.32 Å². The number of rotatable bonds is 4. The molecule has 12 heavy (non-hydrogen) atoms. The van der Waals surface area contributed by atoms with E-state index in [0.717, 1.165) is 17.7 Å². The van der Waals surface area contributed by atoms with Gasteiger partial charge in [0.2, 0.25) is 5.91 Å². The first-order valence-electron chi connectivity index (χ1n) is 4.26. The molecule has 2 nitrogen and oxygen atoms in total. The fourth-order valence-corrected chi connectivity index (χ4v) is 0.791. The van der Waals surface area contributed by atoms with E-state index in [1.54, 1.807) is 0 Å². The maximum absolute atomic E-state index is 11.0. The van der Waals surface area contributed by atoms with Crippen molar-refractivity contribution in [3.63, 3.8) is 0 Å². The summed E-state index contributed by atoms with van der Waals surface area (Å²) in [5.41, 5.74) is 1.90. The summed E-state index contributed by atoms with van der Waals surface area (Å²) in [4.78, 5) is 11.0. The Kier molecular flexibility index (Phi) is 5.09. The van der Waals surface area contributed by atoms with Crippen molar-refractivity contribution in [2.45, 2.75) is 33.6 Å². The second-order valence-corrected chi connectivity index (χ2v) is 2.77. The molecule has 0 bridgehead atoms. The molecule has 68 valence electrons. The smallest absolute Gasteiger partial charge is 0.223 e. The van der Waals surface area contributed by atoms with Gasteiger partial charge in [0, 0.05) is 12.1 Å². The van der Waals surface area contributed by atoms with Crippen LogP contribution >= 0.6 is 0 Å². The first-order valence-corrected chi connectivity index (χ1v) is 4.26. The molecule has 2 heteroatoms. The predicted octanol–water partition coefficient (Wildman–Crippen LogP) is 2.38. The molecule has 1 amide bonds. The normalized spacial score (nSPS) is 11.1. The maximum atomic E-state index is 11.0. The Bertz CT molecular complexity index is 204. The molecular weight excluding hydrogens is 150 g/mol. The first kappa shape index (κ1) is 11.0. The molecule has 0 fully saturated rings. The summed E-state index contributed by atoms with van der Waals surface area (Å²) in [5.74, 6) is 0.0596. The van der Waals surface area contributed by atoms with Crippen LogP contribution in [0.3, 0.4) is 0 Å². The van der Waals surface area contributed by atoms with E-state index in [4.69, 9.17) is 0 Å². The predicted molar refractivity (Wildman–Crippen MR) is 51.6 cm³/mol. The number of carbonyl (C=O) groups excluding carboxylic acids is 1. The second kappa shape index (κ2) is 5.58. The second-order valence-electron chi connectivity index (χ2n) is 2.77. The molecule has 0 aromatic carbocycles. The zero-order valence-electron chi connectivity index (χ0n) is 8.11. The van der Waals surface area contributed by atoms with Gasteiger partial charge in [0.15, 0.2) is 0 Å². The van der Waals surface area contributed by atoms with Crippen LogP contribution in [-0.2, 0) is 4.79 Å². The van der Waals surface area contributed by atoms with E-state index < -0.39 is 0 Å². The summed E-state index contributed by atoms with van der Waals surface area (Å²) < 4.78 is 0. The summed E-state index contributed by atoms with van der Waals surface area (Å²) in [5, 5.41) is 2.81. The molecule has 0 unspecified atom stereocenters. The van der Waals surface area contributed by atoms with Crippen molar-refractivity contribution in [2.75, 3.05) is 0 Å². The van der Waals surface area contributed by atoms with Gasteiger partial charge in [-0.3, -0.25) is 4.79 Å². The van der Waals surface area contributed by atoms with Gasteiger partial charge in [-0.1, -0.05) is 26.0 Å². The van der Waals surface area contributed by atoms with Gasteiger partial charge in [-0.15, -0.1) is 0 Å². The van der Waals surface area contributed by atoms with E-state index in [1.165, 1.54) is 0 Å². The molecule has 0 aliphatic heterocycles. The molecular formula is C10H17NO. The summed E-state index contributed by atoms with van der Waals surface area (Å²) in [7, 11) is 0. The molecule has 0 aliphatic rings. The molecule has 0 radical (unpaired) electrons. The minimum Gasteiger partial charge on any atom is -0.330 e. The van der Waals surface area contributed by atoms with Crippen molar-refractivity contribution in [3.8, 4) is 0 Å². The van der Waals surface area contributed by atoms with E-state index in [1.807, 2.05) is 26.8 Å². The minimum atomic E-state index is 0.0596. The Labute approximate surface area is 74.4 Å². The molecule has 0 aliphatic carbocycles. The monoisotopic (exact) mass is 167 g/mol. The van der Waals surface area contributed by atoms with Gasteiger partial charge in [-0.25, -0.2) is 0 Å². The fraction of sp³-hybridized carbons (Fsp3) is 0.500. The van der Waals surface area contributed by atoms with E-state index in [0.29, 0.717) is 6.42 Å². The van der Waals surface area contributed by atoms with Crippen molar-refractivity contribution >= 4 is 5.91 Å². The molecule has 1 N–H and O–H groups in total. The Balaban J connectivity index is 4.17. The SMILES string of the molecule is C=C(C)/C=C(\CC)NC(=O)CC. The molecule has 0 spiro atoms. The highest BCUT2D eigenvalue weighted by Gasteiger charge is 1.98. The lowest BCUT2D eigenvalue weighted by molar-refractivity contribution is -0.120. The molecule has 0 aromatic rings. The molecule has 0 aromatic heterocycles. The number of allylic oxidation sites excluding steroid dienone is 3. The Hall–Kier alpha value is -1.05. The Morgan fingerprint density at radius 2 is 2.00 bits per heavy atom. The van der Waals surface area contributed by atoms with Gasteiger partial charge in [0.1, 0.15) is 0 Å². The van der Waals surface area contributed by atoms with Gasteiger partial charge in [-0.2, -0.15) is 0 Å². The average molecular weight is 167 g/mol. The van der Waals surface area contributed by atoms with Crippen LogP contribution in [0.2, 0.25) is 0 Å². The number of hydrogen-bond donors (Lipinski definition) is 1. The first-order chi connectivity index (χ1) is 5.60. The topological polar surface area (TPSA) is 29.1 Å². The van der Waals surface area contributed by atoms with Crippen molar-refractivity contribution < 1.29 is 4.79 Å². The summed E-state index contributed by atoms with van der Waals surface area (Å²) in [6.07, 6.45) is 3.25. The largest absolute Gasteiger partial charge is 0.330 e. The average Bonchev–Trinajstić information content (AvgIpc) is 2.02. The van der Waals surface area contributed by atoms with Crippen molar-refractivity contribution in [3.05, 3.63) is 23.9 Å². The van der Waals surface area contributed by atoms with Crippen LogP contribution in [0.4, 0.5) is 0 Å². The Morgan fingerprint density at radius 3 is 2.33 bits per heavy atom. The fourth-order valence-electron chi connectivity index (χ4n) is 0.791. The number of nitrogens with one attached hydrogen (secondary N) is 1. The van der Waals surface area contributed by atoms with E-state index in [2.05, 4.69) is 11.9 Å². The number of amides is 1. The minimum absolute atomic E-state index is 0.0596. The van der Waals surface area contributed by atoms with Crippen LogP contribution in [-0.4, -0.2) is 5.91 Å². The highest BCUT2D eigenvalue weighted by Crippen LogP contribution is 2.01. The van der Waals surface area contributed by atoms with Crippen molar-refractivity contribution in [1.29, 1.82) is 0 Å². The van der Waals surface area contributed by atoms with E-state index in [9.17, 15) is 4.79 Å². The number of carbonyl (C=O) groups is 1. The summed E-state index contributed by atoms with van der Waals surface area (Å²) in [6, 6.07) is 0. The summed E-state index contributed by atoms with van der Waals surface area (Å²) >= 11 is 0. The van der Waals surface area contributed by atoms with Crippen LogP contribution in [0.5, 0.6) is 0 Å². The van der Waals surface area contributed by atoms with Crippen LogP contribution in [0.1, 0.15) is 33.6 Å². The van der Waals surface area contributed by atoms with Gasteiger partial charge in [-0.05, 0) is 19.4 Å². The lowest BCUT2D eigenvalue weighted by atomic mass is 10.2. The van der Waals surface area contributed by atoms with Crippen LogP contribution in [0.25, 0.3) is 0 Å². The third-order valence-corrected chi connectivity index (χ3v) is 1.42. The number of hydrogen-bond acceptors (Lipinski definition) is 1. The third kappa shape index (κ3) is 4.72. The molecule has 0 saturated carbocycles. The zero-order chi connectivity index (χ0) is 9.56. The van der Waals surface area contributed by atoms with Crippen LogP contribution in [0, 0.1) is 0 Å². The van der Waals surface area contributed by atoms with Crippen molar-refractivity contribution in [1.82, 2.24) is 5.32 Å². The maximum Gasteiger partial charge on any atom is 0.223 e. The third-order valence-electron chi connectivity index (χ3n) is 1.42. The molecule has 0 atom stereocenters. The van der Waals surface area contributed by atoms with Gasteiger partial charge in [0.25, 0.3) is 0 Å². The Morgan fingerprint density at radius 1 is 1.42 bits per heavy atom. The zero-order valence-corrected chi connectivity index (χ0v) is 8.11. The lowest BCUT2D eigenvalue weighted by Crippen LogP contribution is -2.21. The van der Waals surface area contributed by atoms with Gasteiger partial charge >= 0.3 is 0 Å². The molecule has 0 rings (SSSR count). The highest BCUT2D eigenvalue weighted by atomic mass is 16.1. The molecule has 0 heterocycles. The van der Waals surface area contributed by atoms with Gasteiger partial charge in [0.05, 0.1) is 0 Å². The molecule has 0 saturated heterocycles. The quantitative estimate of drug-likeness (QED) is 0.640. The standard InChI is InChI=1S/C10H17NO/c1-5-9(7-8(3)4)11-10(12)6-2/h7H,3,5-6H2,1-2,4H3,(H,11,12)/b9-7+. The van der Waals surface area contributed by atoms with Crippen LogP contribution in [0.15, 0.2) is 23.9 Å². The summed E-state index contributed by atoms with van der Waals surface area (Å²) in [6.45, 7) is 9.50. The van der Waals surface area contributed by atoms with Crippen molar-refractivity contribution in [2.24, 2.45) is 0 Å². The van der Waals surface area contributed by atoms with E-state index >= 15 is 0 Å². The van der Waals surface area contributed by atoms with Gasteiger partial charge < -0.3 is 5.32 Å².